The van der Waals surface area contributed by atoms with Crippen molar-refractivity contribution in [2.45, 2.75) is 23.7 Å². The topological polar surface area (TPSA) is 64.7 Å². The van der Waals surface area contributed by atoms with Crippen LogP contribution in [-0.4, -0.2) is 54.8 Å². The largest absolute Gasteiger partial charge is 0.314 e. The molecule has 1 fully saturated rings. The van der Waals surface area contributed by atoms with Crippen LogP contribution < -0.4 is 14.9 Å². The summed E-state index contributed by atoms with van der Waals surface area (Å²) in [6.45, 7) is 4.96. The van der Waals surface area contributed by atoms with E-state index in [9.17, 15) is 9.59 Å². The van der Waals surface area contributed by atoms with Crippen LogP contribution in [0.2, 0.25) is 0 Å². The molecule has 3 aliphatic heterocycles. The molecule has 7 heteroatoms. The average molecular weight is 525 g/mol. The maximum atomic E-state index is 12.4. The highest BCUT2D eigenvalue weighted by molar-refractivity contribution is 8.16. The van der Waals surface area contributed by atoms with Gasteiger partial charge in [0, 0.05) is 43.3 Å². The number of hydrogen-bond acceptors (Lipinski definition) is 5. The summed E-state index contributed by atoms with van der Waals surface area (Å²) in [5.74, 6) is -0.337. The first-order valence-corrected chi connectivity index (χ1v) is 14.5. The summed E-state index contributed by atoms with van der Waals surface area (Å²) in [7, 11) is -0.177. The molecular formula is C31H32N4O2S. The molecule has 2 amide bonds. The molecule has 2 atom stereocenters. The zero-order valence-electron chi connectivity index (χ0n) is 21.3. The van der Waals surface area contributed by atoms with E-state index >= 15 is 0 Å². The van der Waals surface area contributed by atoms with Crippen LogP contribution in [0, 0.1) is 0 Å². The van der Waals surface area contributed by atoms with E-state index in [4.69, 9.17) is 0 Å². The molecular weight excluding hydrogens is 492 g/mol. The van der Waals surface area contributed by atoms with Gasteiger partial charge in [0.1, 0.15) is 0 Å². The molecule has 3 aliphatic rings. The van der Waals surface area contributed by atoms with Crippen molar-refractivity contribution in [2.75, 3.05) is 37.0 Å². The molecule has 0 radical (unpaired) electrons. The number of para-hydroxylation sites is 1. The summed E-state index contributed by atoms with van der Waals surface area (Å²) in [4.78, 5) is 28.4. The molecule has 3 aromatic carbocycles. The van der Waals surface area contributed by atoms with Crippen molar-refractivity contribution >= 4 is 33.5 Å². The Labute approximate surface area is 226 Å². The molecule has 38 heavy (non-hydrogen) atoms. The molecule has 3 heterocycles. The number of fused-ring (bicyclic) bond motifs is 1. The average Bonchev–Trinajstić information content (AvgIpc) is 3.52. The van der Waals surface area contributed by atoms with Crippen molar-refractivity contribution in [1.82, 2.24) is 15.5 Å². The van der Waals surface area contributed by atoms with E-state index in [1.54, 1.807) is 0 Å². The number of rotatable bonds is 8. The number of carbonyl (C=O) groups is 2. The number of imide groups is 1. The van der Waals surface area contributed by atoms with Crippen molar-refractivity contribution in [3.05, 3.63) is 107 Å². The van der Waals surface area contributed by atoms with Crippen LogP contribution >= 0.6 is 10.7 Å². The summed E-state index contributed by atoms with van der Waals surface area (Å²) < 4.78 is 2.48. The quantitative estimate of drug-likeness (QED) is 0.328. The van der Waals surface area contributed by atoms with Gasteiger partial charge in [0.25, 0.3) is 11.8 Å². The van der Waals surface area contributed by atoms with Crippen molar-refractivity contribution in [3.63, 3.8) is 0 Å². The Hall–Kier alpha value is -3.52. The van der Waals surface area contributed by atoms with E-state index in [0.29, 0.717) is 11.1 Å². The van der Waals surface area contributed by atoms with Gasteiger partial charge in [-0.3, -0.25) is 19.2 Å². The van der Waals surface area contributed by atoms with Gasteiger partial charge in [-0.1, -0.05) is 53.1 Å². The Morgan fingerprint density at radius 2 is 1.55 bits per heavy atom. The van der Waals surface area contributed by atoms with Crippen LogP contribution in [0.15, 0.2) is 95.5 Å². The smallest absolute Gasteiger partial charge is 0.258 e. The molecule has 6 nitrogen and oxygen atoms in total. The van der Waals surface area contributed by atoms with E-state index in [-0.39, 0.29) is 28.4 Å². The second kappa shape index (κ2) is 11.1. The van der Waals surface area contributed by atoms with Gasteiger partial charge >= 0.3 is 0 Å². The van der Waals surface area contributed by atoms with Gasteiger partial charge in [0.15, 0.2) is 0 Å². The Balaban J connectivity index is 1.27. The lowest BCUT2D eigenvalue weighted by molar-refractivity contribution is 0.0879. The van der Waals surface area contributed by atoms with E-state index in [1.165, 1.54) is 16.3 Å². The highest BCUT2D eigenvalue weighted by Crippen LogP contribution is 2.43. The second-order valence-corrected chi connectivity index (χ2v) is 11.7. The van der Waals surface area contributed by atoms with Gasteiger partial charge in [-0.05, 0) is 72.2 Å². The summed E-state index contributed by atoms with van der Waals surface area (Å²) in [5.41, 5.74) is 4.62. The highest BCUT2D eigenvalue weighted by Gasteiger charge is 2.29. The number of allylic oxidation sites excluding steroid dienone is 2. The van der Waals surface area contributed by atoms with Gasteiger partial charge in [-0.15, -0.1) is 0 Å². The molecule has 0 bridgehead atoms. The van der Waals surface area contributed by atoms with E-state index < -0.39 is 0 Å². The number of amides is 2. The first-order valence-electron chi connectivity index (χ1n) is 13.3. The summed E-state index contributed by atoms with van der Waals surface area (Å²) in [6.07, 6.45) is 4.16. The molecule has 1 saturated heterocycles. The Morgan fingerprint density at radius 1 is 0.842 bits per heavy atom. The number of piperazine rings is 1. The van der Waals surface area contributed by atoms with Gasteiger partial charge in [-0.25, -0.2) is 0 Å². The van der Waals surface area contributed by atoms with E-state index in [1.807, 2.05) is 18.2 Å². The molecule has 194 valence electrons. The number of benzene rings is 3. The number of nitrogens with zero attached hydrogens (tertiary/aromatic N) is 2. The normalized spacial score (nSPS) is 20.1. The first-order chi connectivity index (χ1) is 18.7. The third kappa shape index (κ3) is 5.10. The van der Waals surface area contributed by atoms with E-state index in [2.05, 4.69) is 91.9 Å². The van der Waals surface area contributed by atoms with Crippen molar-refractivity contribution in [3.8, 4) is 0 Å². The lowest BCUT2D eigenvalue weighted by Gasteiger charge is -2.32. The first kappa shape index (κ1) is 24.8. The van der Waals surface area contributed by atoms with E-state index in [0.717, 1.165) is 51.1 Å². The number of carbonyl (C=O) groups excluding carboxylic acids is 2. The van der Waals surface area contributed by atoms with Crippen molar-refractivity contribution < 1.29 is 9.59 Å². The lowest BCUT2D eigenvalue weighted by Crippen LogP contribution is -2.45. The van der Waals surface area contributed by atoms with Crippen LogP contribution in [0.1, 0.15) is 45.0 Å². The number of anilines is 1. The third-order valence-electron chi connectivity index (χ3n) is 7.49. The predicted molar refractivity (Wildman–Crippen MR) is 155 cm³/mol. The summed E-state index contributed by atoms with van der Waals surface area (Å²) >= 11 is 0. The fourth-order valence-corrected chi connectivity index (χ4v) is 7.47. The van der Waals surface area contributed by atoms with Gasteiger partial charge in [-0.2, -0.15) is 0 Å². The molecule has 2 unspecified atom stereocenters. The minimum absolute atomic E-state index is 0.177. The Morgan fingerprint density at radius 3 is 2.32 bits per heavy atom. The van der Waals surface area contributed by atoms with Crippen LogP contribution in [0.5, 0.6) is 0 Å². The van der Waals surface area contributed by atoms with Crippen LogP contribution in [-0.2, 0) is 0 Å². The minimum atomic E-state index is -0.298. The van der Waals surface area contributed by atoms with Gasteiger partial charge < -0.3 is 10.2 Å². The lowest BCUT2D eigenvalue weighted by atomic mass is 9.90. The zero-order valence-corrected chi connectivity index (χ0v) is 22.1. The SMILES string of the molecule is O=C1NC(=O)c2cc(C(CCC3=CC=S(c4ccccc4)N3c3ccccc3)CN3CCNCC3)ccc21. The molecule has 0 aliphatic carbocycles. The van der Waals surface area contributed by atoms with Gasteiger partial charge in [0.05, 0.1) is 16.8 Å². The molecule has 0 spiro atoms. The van der Waals surface area contributed by atoms with Crippen LogP contribution in [0.3, 0.4) is 0 Å². The molecule has 0 saturated carbocycles. The zero-order chi connectivity index (χ0) is 25.9. The molecule has 3 aromatic rings. The standard InChI is InChI=1S/C31H32N4O2S/c36-30-28-14-12-23(21-29(28)31(37)33-30)24(22-34-18-16-32-17-19-34)11-13-26-15-20-38(27-9-5-2-6-10-27)35(26)25-7-3-1-4-8-25/h1-10,12,14-15,20-21,24,32H,11,13,16-19,22H2,(H,33,36,37). The second-order valence-electron chi connectivity index (χ2n) is 9.93. The fourth-order valence-electron chi connectivity index (χ4n) is 5.50. The molecule has 2 N–H and O–H groups in total. The number of nitrogens with one attached hydrogen (secondary N) is 2. The monoisotopic (exact) mass is 524 g/mol. The Kier molecular flexibility index (Phi) is 7.22. The summed E-state index contributed by atoms with van der Waals surface area (Å²) in [6, 6.07) is 27.1. The summed E-state index contributed by atoms with van der Waals surface area (Å²) in [5, 5.41) is 8.21. The van der Waals surface area contributed by atoms with Gasteiger partial charge in [0.2, 0.25) is 0 Å². The predicted octanol–water partition coefficient (Wildman–Crippen LogP) is 4.79. The van der Waals surface area contributed by atoms with Crippen molar-refractivity contribution in [1.29, 1.82) is 0 Å². The number of hydrogen-bond donors (Lipinski definition) is 2. The molecule has 6 rings (SSSR count). The van der Waals surface area contributed by atoms with Crippen LogP contribution in [0.25, 0.3) is 0 Å². The molecule has 0 aromatic heterocycles. The Bertz CT molecular complexity index is 1400. The third-order valence-corrected chi connectivity index (χ3v) is 9.48. The van der Waals surface area contributed by atoms with Crippen molar-refractivity contribution in [2.24, 2.45) is 0 Å². The maximum absolute atomic E-state index is 12.4. The maximum Gasteiger partial charge on any atom is 0.258 e. The minimum Gasteiger partial charge on any atom is -0.314 e. The van der Waals surface area contributed by atoms with Crippen LogP contribution in [0.4, 0.5) is 5.69 Å². The fraction of sp³-hybridized carbons (Fsp3) is 0.258. The highest BCUT2D eigenvalue weighted by atomic mass is 32.2.